The number of carbonyl (C=O) groups is 1. The van der Waals surface area contributed by atoms with Crippen molar-refractivity contribution in [2.45, 2.75) is 50.5 Å². The van der Waals surface area contributed by atoms with Crippen molar-refractivity contribution in [1.29, 1.82) is 0 Å². The van der Waals surface area contributed by atoms with E-state index in [0.29, 0.717) is 12.6 Å². The van der Waals surface area contributed by atoms with Crippen LogP contribution in [-0.4, -0.2) is 35.1 Å². The summed E-state index contributed by atoms with van der Waals surface area (Å²) < 4.78 is 0. The molecular weight excluding hydrogens is 262 g/mol. The molecular formula is C18H25NO2. The van der Waals surface area contributed by atoms with Gasteiger partial charge >= 0.3 is 5.97 Å². The normalized spacial score (nSPS) is 27.8. The predicted molar refractivity (Wildman–Crippen MR) is 83.4 cm³/mol. The molecule has 0 bridgehead atoms. The number of aliphatic carboxylic acids is 1. The average Bonchev–Trinajstić information content (AvgIpc) is 2.53. The Morgan fingerprint density at radius 3 is 2.62 bits per heavy atom. The standard InChI is InChI=1S/C18H25NO2/c20-18(21)16(14-7-2-1-3-8-14)13-19-12-6-10-15-9-4-5-11-17(15)19/h1-3,7-8,15-17H,4-6,9-13H2,(H,20,21). The van der Waals surface area contributed by atoms with Crippen LogP contribution in [-0.2, 0) is 4.79 Å². The first-order valence-electron chi connectivity index (χ1n) is 8.27. The van der Waals surface area contributed by atoms with Gasteiger partial charge in [0.2, 0.25) is 0 Å². The van der Waals surface area contributed by atoms with Gasteiger partial charge in [-0.25, -0.2) is 0 Å². The van der Waals surface area contributed by atoms with E-state index in [0.717, 1.165) is 18.0 Å². The zero-order chi connectivity index (χ0) is 14.7. The van der Waals surface area contributed by atoms with Gasteiger partial charge in [0, 0.05) is 12.6 Å². The molecule has 3 nitrogen and oxygen atoms in total. The Balaban J connectivity index is 1.74. The number of piperidine rings is 1. The fourth-order valence-electron chi connectivity index (χ4n) is 4.20. The Hall–Kier alpha value is -1.35. The minimum atomic E-state index is -0.695. The number of benzene rings is 1. The quantitative estimate of drug-likeness (QED) is 0.921. The maximum absolute atomic E-state index is 11.7. The van der Waals surface area contributed by atoms with Crippen molar-refractivity contribution in [1.82, 2.24) is 4.90 Å². The van der Waals surface area contributed by atoms with Gasteiger partial charge in [-0.2, -0.15) is 0 Å². The molecule has 3 atom stereocenters. The minimum Gasteiger partial charge on any atom is -0.481 e. The van der Waals surface area contributed by atoms with E-state index < -0.39 is 11.9 Å². The van der Waals surface area contributed by atoms with Crippen LogP contribution in [0.25, 0.3) is 0 Å². The van der Waals surface area contributed by atoms with E-state index >= 15 is 0 Å². The molecule has 1 saturated heterocycles. The lowest BCUT2D eigenvalue weighted by Crippen LogP contribution is -2.48. The lowest BCUT2D eigenvalue weighted by atomic mass is 9.78. The summed E-state index contributed by atoms with van der Waals surface area (Å²) in [4.78, 5) is 14.2. The smallest absolute Gasteiger partial charge is 0.312 e. The lowest BCUT2D eigenvalue weighted by Gasteiger charge is -2.45. The largest absolute Gasteiger partial charge is 0.481 e. The second-order valence-corrected chi connectivity index (χ2v) is 6.55. The van der Waals surface area contributed by atoms with Crippen molar-refractivity contribution in [3.63, 3.8) is 0 Å². The molecule has 0 aromatic heterocycles. The van der Waals surface area contributed by atoms with E-state index in [1.807, 2.05) is 30.3 Å². The Morgan fingerprint density at radius 2 is 1.86 bits per heavy atom. The summed E-state index contributed by atoms with van der Waals surface area (Å²) in [5.74, 6) is -0.288. The summed E-state index contributed by atoms with van der Waals surface area (Å²) in [6.45, 7) is 1.73. The Labute approximate surface area is 127 Å². The summed E-state index contributed by atoms with van der Waals surface area (Å²) in [5, 5.41) is 9.63. The van der Waals surface area contributed by atoms with Crippen molar-refractivity contribution >= 4 is 5.97 Å². The molecule has 1 aliphatic carbocycles. The van der Waals surface area contributed by atoms with Gasteiger partial charge in [0.25, 0.3) is 0 Å². The number of carboxylic acid groups (broad SMARTS) is 1. The second kappa shape index (κ2) is 6.61. The summed E-state index contributed by atoms with van der Waals surface area (Å²) in [6, 6.07) is 10.3. The van der Waals surface area contributed by atoms with E-state index in [2.05, 4.69) is 4.90 Å². The second-order valence-electron chi connectivity index (χ2n) is 6.55. The Morgan fingerprint density at radius 1 is 1.14 bits per heavy atom. The zero-order valence-electron chi connectivity index (χ0n) is 12.6. The van der Waals surface area contributed by atoms with Crippen molar-refractivity contribution < 1.29 is 9.90 Å². The molecule has 2 aliphatic rings. The summed E-state index contributed by atoms with van der Waals surface area (Å²) in [6.07, 6.45) is 7.82. The third-order valence-electron chi connectivity index (χ3n) is 5.28. The van der Waals surface area contributed by atoms with Crippen molar-refractivity contribution in [3.8, 4) is 0 Å². The molecule has 1 aromatic rings. The highest BCUT2D eigenvalue weighted by atomic mass is 16.4. The van der Waals surface area contributed by atoms with Crippen LogP contribution in [0.5, 0.6) is 0 Å². The van der Waals surface area contributed by atoms with Gasteiger partial charge in [-0.3, -0.25) is 9.69 Å². The first-order valence-corrected chi connectivity index (χ1v) is 8.27. The van der Waals surface area contributed by atoms with E-state index in [9.17, 15) is 9.90 Å². The number of hydrogen-bond acceptors (Lipinski definition) is 2. The van der Waals surface area contributed by atoms with Gasteiger partial charge in [0.1, 0.15) is 0 Å². The minimum absolute atomic E-state index is 0.396. The molecule has 3 heteroatoms. The first-order chi connectivity index (χ1) is 10.3. The van der Waals surface area contributed by atoms with E-state index in [-0.39, 0.29) is 0 Å². The predicted octanol–water partition coefficient (Wildman–Crippen LogP) is 3.51. The number of carboxylic acids is 1. The molecule has 0 amide bonds. The number of rotatable bonds is 4. The summed E-state index contributed by atoms with van der Waals surface area (Å²) >= 11 is 0. The van der Waals surface area contributed by atoms with Crippen molar-refractivity contribution in [2.75, 3.05) is 13.1 Å². The fraction of sp³-hybridized carbons (Fsp3) is 0.611. The number of nitrogens with zero attached hydrogens (tertiary/aromatic N) is 1. The van der Waals surface area contributed by atoms with E-state index in [1.54, 1.807) is 0 Å². The topological polar surface area (TPSA) is 40.5 Å². The van der Waals surface area contributed by atoms with Gasteiger partial charge < -0.3 is 5.11 Å². The molecule has 21 heavy (non-hydrogen) atoms. The molecule has 1 aromatic carbocycles. The van der Waals surface area contributed by atoms with Crippen LogP contribution in [0, 0.1) is 5.92 Å². The monoisotopic (exact) mass is 287 g/mol. The van der Waals surface area contributed by atoms with Crippen LogP contribution in [0.3, 0.4) is 0 Å². The van der Waals surface area contributed by atoms with Crippen LogP contribution in [0.4, 0.5) is 0 Å². The number of likely N-dealkylation sites (tertiary alicyclic amines) is 1. The van der Waals surface area contributed by atoms with Crippen LogP contribution in [0.2, 0.25) is 0 Å². The van der Waals surface area contributed by atoms with Crippen LogP contribution < -0.4 is 0 Å². The highest BCUT2D eigenvalue weighted by molar-refractivity contribution is 5.76. The zero-order valence-corrected chi connectivity index (χ0v) is 12.6. The highest BCUT2D eigenvalue weighted by Gasteiger charge is 2.35. The van der Waals surface area contributed by atoms with Crippen LogP contribution in [0.1, 0.15) is 50.0 Å². The molecule has 2 fully saturated rings. The molecule has 0 radical (unpaired) electrons. The Bertz CT molecular complexity index is 471. The highest BCUT2D eigenvalue weighted by Crippen LogP contribution is 2.36. The molecule has 3 rings (SSSR count). The van der Waals surface area contributed by atoms with Gasteiger partial charge in [0.05, 0.1) is 5.92 Å². The van der Waals surface area contributed by atoms with Gasteiger partial charge in [0.15, 0.2) is 0 Å². The molecule has 3 unspecified atom stereocenters. The molecule has 1 N–H and O–H groups in total. The van der Waals surface area contributed by atoms with Crippen molar-refractivity contribution in [3.05, 3.63) is 35.9 Å². The third-order valence-corrected chi connectivity index (χ3v) is 5.28. The van der Waals surface area contributed by atoms with Gasteiger partial charge in [-0.15, -0.1) is 0 Å². The molecule has 114 valence electrons. The fourth-order valence-corrected chi connectivity index (χ4v) is 4.20. The average molecular weight is 287 g/mol. The Kier molecular flexibility index (Phi) is 4.59. The summed E-state index contributed by atoms with van der Waals surface area (Å²) in [5.41, 5.74) is 0.933. The van der Waals surface area contributed by atoms with E-state index in [4.69, 9.17) is 0 Å². The maximum Gasteiger partial charge on any atom is 0.312 e. The maximum atomic E-state index is 11.7. The van der Waals surface area contributed by atoms with Gasteiger partial charge in [-0.1, -0.05) is 43.2 Å². The molecule has 1 aliphatic heterocycles. The number of fused-ring (bicyclic) bond motifs is 1. The first kappa shape index (κ1) is 14.6. The lowest BCUT2D eigenvalue weighted by molar-refractivity contribution is -0.139. The van der Waals surface area contributed by atoms with Crippen LogP contribution in [0.15, 0.2) is 30.3 Å². The number of hydrogen-bond donors (Lipinski definition) is 1. The van der Waals surface area contributed by atoms with Crippen LogP contribution >= 0.6 is 0 Å². The van der Waals surface area contributed by atoms with Crippen molar-refractivity contribution in [2.24, 2.45) is 5.92 Å². The SMILES string of the molecule is O=C(O)C(CN1CCCC2CCCCC21)c1ccccc1. The molecule has 1 saturated carbocycles. The van der Waals surface area contributed by atoms with Gasteiger partial charge in [-0.05, 0) is 43.7 Å². The summed E-state index contributed by atoms with van der Waals surface area (Å²) in [7, 11) is 0. The molecule has 1 heterocycles. The van der Waals surface area contributed by atoms with E-state index in [1.165, 1.54) is 38.5 Å². The third kappa shape index (κ3) is 3.29. The molecule has 0 spiro atoms.